The highest BCUT2D eigenvalue weighted by molar-refractivity contribution is 5.84. The Balaban J connectivity index is 0.000000156. The van der Waals surface area contributed by atoms with E-state index in [2.05, 4.69) is 63.9 Å². The number of epoxide rings is 1. The number of benzene rings is 12. The molecule has 0 bridgehead atoms. The minimum atomic E-state index is -4.84. The fourth-order valence-corrected chi connectivity index (χ4v) is 14.1. The number of para-hydroxylation sites is 4. The molecule has 5 heterocycles. The maximum atomic E-state index is 13.2. The van der Waals surface area contributed by atoms with Crippen LogP contribution in [0.4, 0.5) is 159 Å². The van der Waals surface area contributed by atoms with E-state index in [4.69, 9.17) is 18.9 Å². The van der Waals surface area contributed by atoms with Crippen molar-refractivity contribution < 1.29 is 198 Å². The van der Waals surface area contributed by atoms with E-state index in [0.717, 1.165) is 24.3 Å². The van der Waals surface area contributed by atoms with Crippen LogP contribution in [0.25, 0.3) is 44.5 Å². The molecule has 0 spiro atoms. The molecule has 0 aliphatic carbocycles. The fourth-order valence-electron chi connectivity index (χ4n) is 14.1. The van der Waals surface area contributed by atoms with Gasteiger partial charge in [-0.05, 0) is 166 Å². The van der Waals surface area contributed by atoms with Crippen molar-refractivity contribution in [3.05, 3.63) is 289 Å². The number of hydrogen-bond acceptors (Lipinski definition) is 17. The third-order valence-electron chi connectivity index (χ3n) is 20.2. The summed E-state index contributed by atoms with van der Waals surface area (Å²) < 4.78 is 449. The predicted molar refractivity (Wildman–Crippen MR) is 450 cm³/mol. The molecule has 5 atom stereocenters. The van der Waals surface area contributed by atoms with Gasteiger partial charge in [0.25, 0.3) is 0 Å². The summed E-state index contributed by atoms with van der Waals surface area (Å²) in [7, 11) is 0. The Hall–Kier alpha value is -14.8. The van der Waals surface area contributed by atoms with Crippen LogP contribution in [0.1, 0.15) is 46.4 Å². The van der Waals surface area contributed by atoms with Crippen LogP contribution in [0.15, 0.2) is 267 Å². The molecular weight excluding hydrogens is 1990 g/mol. The molecule has 0 radical (unpaired) electrons. The van der Waals surface area contributed by atoms with Gasteiger partial charge >= 0.3 is 81.8 Å². The van der Waals surface area contributed by atoms with E-state index in [9.17, 15) is 136 Å². The Morgan fingerprint density at radius 1 is 0.224 bits per heavy atom. The van der Waals surface area contributed by atoms with Crippen LogP contribution in [0, 0.1) is 0 Å². The van der Waals surface area contributed by atoms with E-state index in [0.29, 0.717) is 113 Å². The lowest BCUT2D eigenvalue weighted by atomic mass is 10.0. The molecule has 12 aromatic carbocycles. The van der Waals surface area contributed by atoms with Crippen LogP contribution in [-0.4, -0.2) is 121 Å². The Morgan fingerprint density at radius 2 is 0.406 bits per heavy atom. The molecule has 4 N–H and O–H groups in total. The number of hydrogen-bond donors (Lipinski definition) is 4. The summed E-state index contributed by atoms with van der Waals surface area (Å²) in [6.45, 7) is -0.0483. The van der Waals surface area contributed by atoms with E-state index in [1.165, 1.54) is 121 Å². The average molecular weight is 2060 g/mol. The fraction of sp³-hybridized carbons (Fsp3) is 0.242. The Bertz CT molecular complexity index is 5620. The second-order valence-corrected chi connectivity index (χ2v) is 30.6. The topological polar surface area (TPSA) is 171 Å². The lowest BCUT2D eigenvalue weighted by Crippen LogP contribution is -2.33. The standard InChI is InChI=1S/4C23H16F7NO3.C3H3F3O/c4*24-21(25)22(26,27)33-15-6-2-5-14(11-15)19-12-32-20-17(8-3-9-18(20)31-19)13-4-1-7-16(10-13)34-23(28,29)30;4-3(5,6)2-1-7-2/h4*1-11,19,21,31H,12H2;2H,1H2/t3*19-;;/m110../s1. The maximum Gasteiger partial charge on any atom is 0.573 e. The molecule has 0 amide bonds. The Kier molecular flexibility index (Phi) is 32.0. The van der Waals surface area contributed by atoms with Gasteiger partial charge in [0.2, 0.25) is 0 Å². The molecule has 2 unspecified atom stereocenters. The van der Waals surface area contributed by atoms with Crippen LogP contribution in [0.3, 0.4) is 0 Å². The first-order valence-electron chi connectivity index (χ1n) is 41.2. The van der Waals surface area contributed by atoms with Crippen molar-refractivity contribution in [1.82, 2.24) is 0 Å². The van der Waals surface area contributed by atoms with Crippen molar-refractivity contribution in [3.63, 3.8) is 0 Å². The van der Waals surface area contributed by atoms with Crippen molar-refractivity contribution in [1.29, 1.82) is 0 Å². The first-order valence-corrected chi connectivity index (χ1v) is 41.2. The van der Waals surface area contributed by atoms with Gasteiger partial charge in [-0.15, -0.1) is 52.7 Å². The highest BCUT2D eigenvalue weighted by atomic mass is 19.4. The second-order valence-electron chi connectivity index (χ2n) is 30.6. The Morgan fingerprint density at radius 3 is 0.573 bits per heavy atom. The number of alkyl halides is 31. The predicted octanol–water partition coefficient (Wildman–Crippen LogP) is 29.1. The molecule has 5 aliphatic heterocycles. The smallest absolute Gasteiger partial charge is 0.488 e. The second kappa shape index (κ2) is 43.4. The molecule has 48 heteroatoms. The highest BCUT2D eigenvalue weighted by Gasteiger charge is 2.51. The molecular formula is C95H67F31N4O13. The summed E-state index contributed by atoms with van der Waals surface area (Å²) in [5.41, 5.74) is 7.47. The summed E-state index contributed by atoms with van der Waals surface area (Å²) in [4.78, 5) is 0. The van der Waals surface area contributed by atoms with Gasteiger partial charge in [0.05, 0.1) is 53.5 Å². The van der Waals surface area contributed by atoms with Gasteiger partial charge < -0.3 is 82.8 Å². The number of ether oxygens (including phenoxy) is 13. The molecule has 1 saturated heterocycles. The zero-order valence-electron chi connectivity index (χ0n) is 71.7. The largest absolute Gasteiger partial charge is 0.573 e. The summed E-state index contributed by atoms with van der Waals surface area (Å²) in [5, 5.41) is 12.6. The van der Waals surface area contributed by atoms with Crippen molar-refractivity contribution in [2.75, 3.05) is 54.3 Å². The van der Waals surface area contributed by atoms with Crippen LogP contribution in [0.2, 0.25) is 0 Å². The maximum absolute atomic E-state index is 13.2. The van der Waals surface area contributed by atoms with E-state index in [1.807, 2.05) is 0 Å². The average Bonchev–Trinajstić information content (AvgIpc) is 1.11. The van der Waals surface area contributed by atoms with Crippen LogP contribution >= 0.6 is 0 Å². The van der Waals surface area contributed by atoms with Crippen molar-refractivity contribution in [2.45, 2.75) is 112 Å². The normalized spacial score (nSPS) is 16.5. The van der Waals surface area contributed by atoms with Gasteiger partial charge in [0, 0.05) is 22.3 Å². The van der Waals surface area contributed by atoms with Gasteiger partial charge in [-0.1, -0.05) is 146 Å². The molecule has 12 aromatic rings. The van der Waals surface area contributed by atoms with Gasteiger partial charge in [0.15, 0.2) is 6.10 Å². The number of fused-ring (bicyclic) bond motifs is 4. The third-order valence-corrected chi connectivity index (χ3v) is 20.2. The summed E-state index contributed by atoms with van der Waals surface area (Å²) in [6.07, 6.45) is -59.4. The van der Waals surface area contributed by atoms with Gasteiger partial charge in [0.1, 0.15) is 95.4 Å². The summed E-state index contributed by atoms with van der Waals surface area (Å²) in [6, 6.07) is 60.6. The van der Waals surface area contributed by atoms with Crippen molar-refractivity contribution in [2.24, 2.45) is 0 Å². The lowest BCUT2D eigenvalue weighted by Gasteiger charge is -2.29. The van der Waals surface area contributed by atoms with Gasteiger partial charge in [-0.3, -0.25) is 0 Å². The number of anilines is 4. The Labute approximate surface area is 786 Å². The first-order chi connectivity index (χ1) is 67.2. The lowest BCUT2D eigenvalue weighted by molar-refractivity contribution is -0.275. The van der Waals surface area contributed by atoms with Crippen LogP contribution in [-0.2, 0) is 4.74 Å². The van der Waals surface area contributed by atoms with E-state index in [-0.39, 0.29) is 56.0 Å². The molecule has 17 rings (SSSR count). The molecule has 762 valence electrons. The molecule has 5 aliphatic rings. The van der Waals surface area contributed by atoms with Crippen LogP contribution < -0.4 is 78.1 Å². The summed E-state index contributed by atoms with van der Waals surface area (Å²) >= 11 is 0. The van der Waals surface area contributed by atoms with Crippen molar-refractivity contribution >= 4 is 22.7 Å². The monoisotopic (exact) mass is 2060 g/mol. The number of rotatable bonds is 24. The van der Waals surface area contributed by atoms with Gasteiger partial charge in [-0.25, -0.2) is 0 Å². The summed E-state index contributed by atoms with van der Waals surface area (Å²) in [5.74, 6) is -1.81. The first kappa shape index (κ1) is 106. The van der Waals surface area contributed by atoms with E-state index in [1.54, 1.807) is 121 Å². The zero-order chi connectivity index (χ0) is 104. The number of nitrogens with one attached hydrogen (secondary N) is 4. The molecule has 0 aromatic heterocycles. The highest BCUT2D eigenvalue weighted by Crippen LogP contribution is 2.50. The van der Waals surface area contributed by atoms with E-state index < -0.39 is 135 Å². The van der Waals surface area contributed by atoms with Crippen LogP contribution in [0.5, 0.6) is 69.0 Å². The van der Waals surface area contributed by atoms with Crippen molar-refractivity contribution in [3.8, 4) is 114 Å². The SMILES string of the molecule is FC(F)(F)C1CO1.FC(F)C(F)(F)Oc1cccc(C2COc3c(cccc3-c3cccc(OC(F)(F)F)c3)N2)c1.FC(F)C(F)(F)Oc1cccc([C@@H]2COc3c(cccc3-c3cccc(OC(F)(F)F)c3)N2)c1.FC(F)C(F)(F)Oc1cccc([C@H]2COc3c(cccc3-c3cccc(OC(F)(F)F)c3)N2)c1.FC(F)C(F)(F)Oc1cccc([C@H]2COc3c(cccc3-c3cccc(OC(F)(F)F)c3)N2)c1. The number of halogens is 31. The molecule has 17 nitrogen and oxygen atoms in total. The third kappa shape index (κ3) is 29.0. The molecule has 143 heavy (non-hydrogen) atoms. The zero-order valence-corrected chi connectivity index (χ0v) is 71.7. The quantitative estimate of drug-likeness (QED) is 0.0332. The molecule has 1 fully saturated rings. The minimum absolute atomic E-state index is 0.0252. The van der Waals surface area contributed by atoms with E-state index >= 15 is 0 Å². The van der Waals surface area contributed by atoms with Gasteiger partial charge in [-0.2, -0.15) is 83.4 Å². The minimum Gasteiger partial charge on any atom is -0.488 e. The molecule has 0 saturated carbocycles.